The van der Waals surface area contributed by atoms with Crippen molar-refractivity contribution in [1.82, 2.24) is 15.6 Å². The van der Waals surface area contributed by atoms with Crippen LogP contribution in [0.1, 0.15) is 18.8 Å². The largest absolute Gasteiger partial charge is 0.362 e. The fourth-order valence-corrected chi connectivity index (χ4v) is 1.33. The van der Waals surface area contributed by atoms with Crippen LogP contribution in [-0.4, -0.2) is 16.9 Å². The van der Waals surface area contributed by atoms with Gasteiger partial charge in [-0.25, -0.2) is 0 Å². The fourth-order valence-electron chi connectivity index (χ4n) is 1.33. The molecule has 2 atom stereocenters. The van der Waals surface area contributed by atoms with Gasteiger partial charge in [0.15, 0.2) is 0 Å². The van der Waals surface area contributed by atoms with Gasteiger partial charge in [0.1, 0.15) is 6.17 Å². The lowest BCUT2D eigenvalue weighted by molar-refractivity contribution is -0.120. The van der Waals surface area contributed by atoms with Crippen LogP contribution in [0.2, 0.25) is 0 Å². The molecule has 1 aromatic heterocycles. The second-order valence-corrected chi connectivity index (χ2v) is 2.96. The van der Waals surface area contributed by atoms with Gasteiger partial charge in [-0.3, -0.25) is 10.1 Å². The van der Waals surface area contributed by atoms with E-state index in [1.165, 1.54) is 0 Å². The van der Waals surface area contributed by atoms with Crippen molar-refractivity contribution in [2.24, 2.45) is 0 Å². The average molecular weight is 165 g/mol. The van der Waals surface area contributed by atoms with Gasteiger partial charge < -0.3 is 10.3 Å². The number of H-pyrrole nitrogens is 1. The first kappa shape index (κ1) is 7.36. The zero-order valence-electron chi connectivity index (χ0n) is 6.79. The molecule has 1 amide bonds. The molecule has 0 aromatic carbocycles. The summed E-state index contributed by atoms with van der Waals surface area (Å²) in [5, 5.41) is 5.94. The first-order valence-corrected chi connectivity index (χ1v) is 3.97. The highest BCUT2D eigenvalue weighted by Gasteiger charge is 2.28. The molecule has 2 heterocycles. The van der Waals surface area contributed by atoms with E-state index >= 15 is 0 Å². The van der Waals surface area contributed by atoms with E-state index in [0.29, 0.717) is 0 Å². The minimum atomic E-state index is -0.0988. The van der Waals surface area contributed by atoms with Crippen LogP contribution in [0.15, 0.2) is 18.3 Å². The molecular formula is C8H11N3O. The van der Waals surface area contributed by atoms with E-state index < -0.39 is 0 Å². The maximum atomic E-state index is 11.1. The monoisotopic (exact) mass is 165 g/mol. The smallest absolute Gasteiger partial charge is 0.238 e. The standard InChI is InChI=1S/C8H11N3O/c1-5-8(12)11-7(10-5)6-3-2-4-9-6/h2-5,7,9-10H,1H3,(H,11,12). The Bertz CT molecular complexity index is 281. The van der Waals surface area contributed by atoms with E-state index in [1.54, 1.807) is 0 Å². The van der Waals surface area contributed by atoms with Crippen molar-refractivity contribution in [3.05, 3.63) is 24.0 Å². The van der Waals surface area contributed by atoms with Gasteiger partial charge in [0.05, 0.1) is 11.7 Å². The van der Waals surface area contributed by atoms with Crippen molar-refractivity contribution in [1.29, 1.82) is 0 Å². The van der Waals surface area contributed by atoms with Crippen molar-refractivity contribution in [3.8, 4) is 0 Å². The number of amides is 1. The van der Waals surface area contributed by atoms with Gasteiger partial charge in [0, 0.05) is 6.20 Å². The number of hydrogen-bond acceptors (Lipinski definition) is 2. The van der Waals surface area contributed by atoms with Crippen molar-refractivity contribution in [3.63, 3.8) is 0 Å². The zero-order valence-corrected chi connectivity index (χ0v) is 6.79. The Labute approximate surface area is 70.4 Å². The van der Waals surface area contributed by atoms with Gasteiger partial charge >= 0.3 is 0 Å². The van der Waals surface area contributed by atoms with Crippen LogP contribution < -0.4 is 10.6 Å². The molecule has 0 saturated carbocycles. The predicted molar refractivity (Wildman–Crippen MR) is 44.3 cm³/mol. The van der Waals surface area contributed by atoms with Crippen LogP contribution in [0.4, 0.5) is 0 Å². The number of carbonyl (C=O) groups is 1. The first-order chi connectivity index (χ1) is 5.77. The van der Waals surface area contributed by atoms with Crippen molar-refractivity contribution >= 4 is 5.91 Å². The summed E-state index contributed by atoms with van der Waals surface area (Å²) in [7, 11) is 0. The summed E-state index contributed by atoms with van der Waals surface area (Å²) in [6, 6.07) is 3.75. The molecule has 0 aliphatic carbocycles. The maximum absolute atomic E-state index is 11.1. The summed E-state index contributed by atoms with van der Waals surface area (Å²) < 4.78 is 0. The van der Waals surface area contributed by atoms with Crippen molar-refractivity contribution in [2.75, 3.05) is 0 Å². The Morgan fingerprint density at radius 1 is 1.50 bits per heavy atom. The number of hydrogen-bond donors (Lipinski definition) is 3. The molecule has 12 heavy (non-hydrogen) atoms. The molecular weight excluding hydrogens is 154 g/mol. The van der Waals surface area contributed by atoms with E-state index in [-0.39, 0.29) is 18.1 Å². The minimum absolute atomic E-state index is 0.0506. The second kappa shape index (κ2) is 2.64. The summed E-state index contributed by atoms with van der Waals surface area (Å²) in [6.07, 6.45) is 1.79. The van der Waals surface area contributed by atoms with Gasteiger partial charge in [-0.2, -0.15) is 0 Å². The van der Waals surface area contributed by atoms with E-state index in [2.05, 4.69) is 15.6 Å². The molecule has 1 aromatic rings. The molecule has 1 aliphatic rings. The van der Waals surface area contributed by atoms with Gasteiger partial charge in [-0.1, -0.05) is 0 Å². The molecule has 3 N–H and O–H groups in total. The predicted octanol–water partition coefficient (Wildman–Crippen LogP) is 0.121. The van der Waals surface area contributed by atoms with Crippen molar-refractivity contribution < 1.29 is 4.79 Å². The molecule has 0 bridgehead atoms. The summed E-state index contributed by atoms with van der Waals surface area (Å²) >= 11 is 0. The lowest BCUT2D eigenvalue weighted by Crippen LogP contribution is -2.24. The number of aromatic amines is 1. The third-order valence-electron chi connectivity index (χ3n) is 2.03. The minimum Gasteiger partial charge on any atom is -0.362 e. The van der Waals surface area contributed by atoms with Gasteiger partial charge in [0.25, 0.3) is 0 Å². The molecule has 2 rings (SSSR count). The van der Waals surface area contributed by atoms with E-state index in [4.69, 9.17) is 0 Å². The van der Waals surface area contributed by atoms with Crippen LogP contribution in [0, 0.1) is 0 Å². The van der Waals surface area contributed by atoms with Crippen LogP contribution in [0.25, 0.3) is 0 Å². The third kappa shape index (κ3) is 1.10. The molecule has 0 spiro atoms. The number of carbonyl (C=O) groups excluding carboxylic acids is 1. The third-order valence-corrected chi connectivity index (χ3v) is 2.03. The van der Waals surface area contributed by atoms with Gasteiger partial charge in [0.2, 0.25) is 5.91 Å². The summed E-state index contributed by atoms with van der Waals surface area (Å²) in [5.41, 5.74) is 0.993. The Morgan fingerprint density at radius 2 is 2.33 bits per heavy atom. The first-order valence-electron chi connectivity index (χ1n) is 3.97. The van der Waals surface area contributed by atoms with Gasteiger partial charge in [-0.05, 0) is 19.1 Å². The summed E-state index contributed by atoms with van der Waals surface area (Å²) in [4.78, 5) is 14.1. The number of aromatic nitrogens is 1. The van der Waals surface area contributed by atoms with Crippen LogP contribution in [0.5, 0.6) is 0 Å². The molecule has 2 unspecified atom stereocenters. The average Bonchev–Trinajstić information content (AvgIpc) is 2.61. The van der Waals surface area contributed by atoms with E-state index in [0.717, 1.165) is 5.69 Å². The van der Waals surface area contributed by atoms with E-state index in [9.17, 15) is 4.79 Å². The zero-order chi connectivity index (χ0) is 8.55. The highest BCUT2D eigenvalue weighted by Crippen LogP contribution is 2.12. The lowest BCUT2D eigenvalue weighted by Gasteiger charge is -2.07. The Balaban J connectivity index is 2.14. The lowest BCUT2D eigenvalue weighted by atomic mass is 10.3. The highest BCUT2D eigenvalue weighted by atomic mass is 16.2. The molecule has 1 fully saturated rings. The highest BCUT2D eigenvalue weighted by molar-refractivity contribution is 5.83. The molecule has 4 heteroatoms. The number of rotatable bonds is 1. The maximum Gasteiger partial charge on any atom is 0.238 e. The second-order valence-electron chi connectivity index (χ2n) is 2.96. The molecule has 1 aliphatic heterocycles. The Kier molecular flexibility index (Phi) is 1.62. The summed E-state index contributed by atoms with van der Waals surface area (Å²) in [6.45, 7) is 1.85. The molecule has 1 saturated heterocycles. The Hall–Kier alpha value is -1.29. The number of nitrogens with one attached hydrogen (secondary N) is 3. The van der Waals surface area contributed by atoms with Crippen LogP contribution in [-0.2, 0) is 4.79 Å². The molecule has 4 nitrogen and oxygen atoms in total. The van der Waals surface area contributed by atoms with Crippen LogP contribution in [0.3, 0.4) is 0 Å². The Morgan fingerprint density at radius 3 is 2.83 bits per heavy atom. The fraction of sp³-hybridized carbons (Fsp3) is 0.375. The normalized spacial score (nSPS) is 28.9. The quantitative estimate of drug-likeness (QED) is 0.553. The topological polar surface area (TPSA) is 56.9 Å². The van der Waals surface area contributed by atoms with Crippen LogP contribution >= 0.6 is 0 Å². The summed E-state index contributed by atoms with van der Waals surface area (Å²) in [5.74, 6) is 0.0506. The molecule has 64 valence electrons. The van der Waals surface area contributed by atoms with Crippen molar-refractivity contribution in [2.45, 2.75) is 19.1 Å². The SMILES string of the molecule is CC1NC(c2ccc[nH]2)NC1=O. The van der Waals surface area contributed by atoms with Gasteiger partial charge in [-0.15, -0.1) is 0 Å². The van der Waals surface area contributed by atoms with E-state index in [1.807, 2.05) is 25.3 Å². The molecule has 0 radical (unpaired) electrons.